The van der Waals surface area contributed by atoms with Crippen molar-refractivity contribution < 1.29 is 9.72 Å². The quantitative estimate of drug-likeness (QED) is 0.659. The van der Waals surface area contributed by atoms with E-state index in [9.17, 15) is 14.9 Å². The minimum atomic E-state index is -0.471. The summed E-state index contributed by atoms with van der Waals surface area (Å²) < 4.78 is 0. The van der Waals surface area contributed by atoms with Crippen molar-refractivity contribution in [3.8, 4) is 0 Å². The highest BCUT2D eigenvalue weighted by atomic mass is 35.5. The van der Waals surface area contributed by atoms with Gasteiger partial charge in [-0.3, -0.25) is 14.9 Å². The first-order valence-electron chi connectivity index (χ1n) is 5.85. The number of benzene rings is 1. The molecule has 0 aliphatic carbocycles. The van der Waals surface area contributed by atoms with Gasteiger partial charge in [0.15, 0.2) is 0 Å². The maximum atomic E-state index is 12.2. The van der Waals surface area contributed by atoms with Crippen LogP contribution in [0.25, 0.3) is 0 Å². The van der Waals surface area contributed by atoms with E-state index in [1.807, 2.05) is 6.92 Å². The van der Waals surface area contributed by atoms with Gasteiger partial charge in [-0.25, -0.2) is 0 Å². The Hall–Kier alpha value is -1.66. The van der Waals surface area contributed by atoms with Gasteiger partial charge in [0.25, 0.3) is 11.6 Å². The van der Waals surface area contributed by atoms with Gasteiger partial charge in [0.05, 0.1) is 4.92 Å². The van der Waals surface area contributed by atoms with Gasteiger partial charge in [-0.2, -0.15) is 0 Å². The second-order valence-corrected chi connectivity index (χ2v) is 4.41. The minimum Gasteiger partial charge on any atom is -0.336 e. The van der Waals surface area contributed by atoms with E-state index in [4.69, 9.17) is 0 Å². The molecule has 1 amide bonds. The number of nitro benzene ring substituents is 1. The Kier molecular flexibility index (Phi) is 5.26. The first-order valence-corrected chi connectivity index (χ1v) is 5.85. The lowest BCUT2D eigenvalue weighted by Gasteiger charge is -2.31. The third-order valence-corrected chi connectivity index (χ3v) is 2.98. The van der Waals surface area contributed by atoms with Crippen LogP contribution in [0.3, 0.4) is 0 Å². The first-order chi connectivity index (χ1) is 8.58. The monoisotopic (exact) mass is 285 g/mol. The normalized spacial score (nSPS) is 18.6. The molecule has 0 bridgehead atoms. The highest BCUT2D eigenvalue weighted by Gasteiger charge is 2.21. The van der Waals surface area contributed by atoms with Crippen LogP contribution in [-0.2, 0) is 0 Å². The number of hydrogen-bond acceptors (Lipinski definition) is 4. The van der Waals surface area contributed by atoms with Crippen molar-refractivity contribution >= 4 is 24.0 Å². The fourth-order valence-corrected chi connectivity index (χ4v) is 2.03. The van der Waals surface area contributed by atoms with Crippen molar-refractivity contribution in [2.24, 2.45) is 0 Å². The molecule has 1 aromatic carbocycles. The molecular formula is C12H16ClN3O3. The molecule has 7 heteroatoms. The fraction of sp³-hybridized carbons (Fsp3) is 0.417. The molecule has 1 aromatic rings. The Labute approximate surface area is 117 Å². The van der Waals surface area contributed by atoms with Crippen LogP contribution in [0.1, 0.15) is 17.3 Å². The Morgan fingerprint density at radius 1 is 1.42 bits per heavy atom. The van der Waals surface area contributed by atoms with Gasteiger partial charge in [-0.1, -0.05) is 0 Å². The SMILES string of the molecule is CC1CN(C(=O)c2ccc([N+](=O)[O-])cc2)CCN1.Cl. The second-order valence-electron chi connectivity index (χ2n) is 4.41. The fourth-order valence-electron chi connectivity index (χ4n) is 2.03. The minimum absolute atomic E-state index is 0. The molecule has 0 saturated carbocycles. The summed E-state index contributed by atoms with van der Waals surface area (Å²) in [6.45, 7) is 4.13. The summed E-state index contributed by atoms with van der Waals surface area (Å²) in [4.78, 5) is 24.0. The molecule has 0 radical (unpaired) electrons. The highest BCUT2D eigenvalue weighted by molar-refractivity contribution is 5.94. The molecule has 104 valence electrons. The van der Waals surface area contributed by atoms with Gasteiger partial charge in [0.2, 0.25) is 0 Å². The zero-order valence-corrected chi connectivity index (χ0v) is 11.4. The maximum absolute atomic E-state index is 12.2. The molecule has 19 heavy (non-hydrogen) atoms. The van der Waals surface area contributed by atoms with Crippen LogP contribution in [0.2, 0.25) is 0 Å². The number of amides is 1. The molecule has 6 nitrogen and oxygen atoms in total. The molecule has 1 N–H and O–H groups in total. The van der Waals surface area contributed by atoms with Gasteiger partial charge in [0, 0.05) is 43.4 Å². The molecule has 2 rings (SSSR count). The van der Waals surface area contributed by atoms with Crippen molar-refractivity contribution in [1.29, 1.82) is 0 Å². The van der Waals surface area contributed by atoms with Crippen molar-refractivity contribution in [1.82, 2.24) is 10.2 Å². The largest absolute Gasteiger partial charge is 0.336 e. The topological polar surface area (TPSA) is 75.5 Å². The van der Waals surface area contributed by atoms with Crippen LogP contribution in [-0.4, -0.2) is 41.4 Å². The van der Waals surface area contributed by atoms with E-state index in [-0.39, 0.29) is 30.0 Å². The number of halogens is 1. The highest BCUT2D eigenvalue weighted by Crippen LogP contribution is 2.14. The van der Waals surface area contributed by atoms with Crippen molar-refractivity contribution in [3.05, 3.63) is 39.9 Å². The van der Waals surface area contributed by atoms with E-state index in [0.717, 1.165) is 6.54 Å². The lowest BCUT2D eigenvalue weighted by molar-refractivity contribution is -0.384. The van der Waals surface area contributed by atoms with Gasteiger partial charge < -0.3 is 10.2 Å². The molecule has 0 aromatic heterocycles. The molecule has 0 spiro atoms. The van der Waals surface area contributed by atoms with Crippen LogP contribution < -0.4 is 5.32 Å². The summed E-state index contributed by atoms with van der Waals surface area (Å²) in [6.07, 6.45) is 0. The van der Waals surface area contributed by atoms with Gasteiger partial charge >= 0.3 is 0 Å². The van der Waals surface area contributed by atoms with Gasteiger partial charge in [-0.05, 0) is 19.1 Å². The second kappa shape index (κ2) is 6.49. The zero-order valence-electron chi connectivity index (χ0n) is 10.5. The van der Waals surface area contributed by atoms with Crippen molar-refractivity contribution in [2.75, 3.05) is 19.6 Å². The number of carbonyl (C=O) groups excluding carboxylic acids is 1. The predicted octanol–water partition coefficient (Wildman–Crippen LogP) is 1.45. The summed E-state index contributed by atoms with van der Waals surface area (Å²) in [7, 11) is 0. The summed E-state index contributed by atoms with van der Waals surface area (Å²) in [5.41, 5.74) is 0.495. The smallest absolute Gasteiger partial charge is 0.269 e. The summed E-state index contributed by atoms with van der Waals surface area (Å²) >= 11 is 0. The summed E-state index contributed by atoms with van der Waals surface area (Å²) in [5.74, 6) is -0.0711. The Morgan fingerprint density at radius 2 is 2.05 bits per heavy atom. The average molecular weight is 286 g/mol. The standard InChI is InChI=1S/C12H15N3O3.ClH/c1-9-8-14(7-6-13-9)12(16)10-2-4-11(5-3-10)15(17)18;/h2-5,9,13H,6-8H2,1H3;1H. The maximum Gasteiger partial charge on any atom is 0.269 e. The third-order valence-electron chi connectivity index (χ3n) is 2.98. The molecule has 1 atom stereocenters. The average Bonchev–Trinajstić information content (AvgIpc) is 2.38. The van der Waals surface area contributed by atoms with E-state index in [1.165, 1.54) is 24.3 Å². The number of nitro groups is 1. The lowest BCUT2D eigenvalue weighted by Crippen LogP contribution is -2.51. The Bertz CT molecular complexity index is 464. The van der Waals surface area contributed by atoms with E-state index in [2.05, 4.69) is 5.32 Å². The number of hydrogen-bond donors (Lipinski definition) is 1. The number of nitrogens with one attached hydrogen (secondary N) is 1. The van der Waals surface area contributed by atoms with Crippen LogP contribution in [0.4, 0.5) is 5.69 Å². The molecule has 1 saturated heterocycles. The van der Waals surface area contributed by atoms with Crippen LogP contribution in [0.15, 0.2) is 24.3 Å². The van der Waals surface area contributed by atoms with Crippen LogP contribution in [0, 0.1) is 10.1 Å². The lowest BCUT2D eigenvalue weighted by atomic mass is 10.1. The summed E-state index contributed by atoms with van der Waals surface area (Å²) in [6, 6.07) is 6.01. The molecule has 1 aliphatic heterocycles. The Morgan fingerprint density at radius 3 is 2.58 bits per heavy atom. The van der Waals surface area contributed by atoms with Gasteiger partial charge in [0.1, 0.15) is 0 Å². The van der Waals surface area contributed by atoms with Crippen LogP contribution in [0.5, 0.6) is 0 Å². The molecule has 1 heterocycles. The van der Waals surface area contributed by atoms with E-state index in [1.54, 1.807) is 4.90 Å². The molecule has 1 unspecified atom stereocenters. The van der Waals surface area contributed by atoms with E-state index >= 15 is 0 Å². The molecule has 1 aliphatic rings. The van der Waals surface area contributed by atoms with E-state index < -0.39 is 4.92 Å². The Balaban J connectivity index is 0.00000180. The van der Waals surface area contributed by atoms with Crippen LogP contribution >= 0.6 is 12.4 Å². The van der Waals surface area contributed by atoms with E-state index in [0.29, 0.717) is 18.7 Å². The molecule has 1 fully saturated rings. The van der Waals surface area contributed by atoms with Crippen molar-refractivity contribution in [3.63, 3.8) is 0 Å². The third kappa shape index (κ3) is 3.65. The number of nitrogens with zero attached hydrogens (tertiary/aromatic N) is 2. The molecular weight excluding hydrogens is 270 g/mol. The number of non-ortho nitro benzene ring substituents is 1. The number of rotatable bonds is 2. The zero-order chi connectivity index (χ0) is 13.1. The summed E-state index contributed by atoms with van der Waals surface area (Å²) in [5, 5.41) is 13.8. The number of carbonyl (C=O) groups is 1. The van der Waals surface area contributed by atoms with Gasteiger partial charge in [-0.15, -0.1) is 12.4 Å². The number of piperazine rings is 1. The van der Waals surface area contributed by atoms with Crippen molar-refractivity contribution in [2.45, 2.75) is 13.0 Å². The predicted molar refractivity (Wildman–Crippen MR) is 73.7 cm³/mol. The first kappa shape index (κ1) is 15.4.